The Kier molecular flexibility index (Phi) is 3.83. The van der Waals surface area contributed by atoms with Gasteiger partial charge in [0, 0.05) is 0 Å². The molecule has 0 bridgehead atoms. The second kappa shape index (κ2) is 3.86. The topological polar surface area (TPSA) is 0 Å². The zero-order valence-corrected chi connectivity index (χ0v) is 6.71. The molecular formula is C8H17F. The van der Waals surface area contributed by atoms with Gasteiger partial charge in [0.25, 0.3) is 0 Å². The van der Waals surface area contributed by atoms with E-state index >= 15 is 0 Å². The summed E-state index contributed by atoms with van der Waals surface area (Å²) in [6.45, 7) is 6.40. The van der Waals surface area contributed by atoms with Crippen molar-refractivity contribution in [1.29, 1.82) is 0 Å². The summed E-state index contributed by atoms with van der Waals surface area (Å²) in [4.78, 5) is 0. The van der Waals surface area contributed by atoms with Crippen LogP contribution in [0.4, 0.5) is 4.39 Å². The summed E-state index contributed by atoms with van der Waals surface area (Å²) in [6.07, 6.45) is 2.90. The van der Waals surface area contributed by atoms with Gasteiger partial charge in [0.2, 0.25) is 0 Å². The third kappa shape index (κ3) is 7.93. The smallest absolute Gasteiger partial charge is 0.0894 e. The van der Waals surface area contributed by atoms with Gasteiger partial charge in [-0.05, 0) is 18.3 Å². The zero-order chi connectivity index (χ0) is 7.33. The lowest BCUT2D eigenvalue weighted by atomic mass is 9.90. The first kappa shape index (κ1) is 8.93. The van der Waals surface area contributed by atoms with E-state index in [9.17, 15) is 4.39 Å². The number of rotatable bonds is 3. The highest BCUT2D eigenvalue weighted by atomic mass is 19.1. The van der Waals surface area contributed by atoms with Gasteiger partial charge in [-0.25, -0.2) is 0 Å². The molecule has 0 heterocycles. The Morgan fingerprint density at radius 2 is 1.67 bits per heavy atom. The van der Waals surface area contributed by atoms with Crippen LogP contribution in [0.3, 0.4) is 0 Å². The Morgan fingerprint density at radius 3 is 2.00 bits per heavy atom. The second-order valence-corrected chi connectivity index (χ2v) is 3.71. The summed E-state index contributed by atoms with van der Waals surface area (Å²) in [7, 11) is 0. The molecule has 0 aliphatic heterocycles. The Bertz CT molecular complexity index is 61.5. The molecule has 0 amide bonds. The predicted octanol–water partition coefficient (Wildman–Crippen LogP) is 3.17. The van der Waals surface area contributed by atoms with Gasteiger partial charge in [0.15, 0.2) is 0 Å². The number of halogens is 1. The average molecular weight is 132 g/mol. The van der Waals surface area contributed by atoms with Crippen molar-refractivity contribution in [3.05, 3.63) is 0 Å². The van der Waals surface area contributed by atoms with E-state index in [1.54, 1.807) is 0 Å². The minimum absolute atomic E-state index is 0.157. The number of unbranched alkanes of at least 4 members (excludes halogenated alkanes) is 1. The van der Waals surface area contributed by atoms with Gasteiger partial charge in [0.05, 0.1) is 6.67 Å². The van der Waals surface area contributed by atoms with Crippen molar-refractivity contribution in [1.82, 2.24) is 0 Å². The van der Waals surface area contributed by atoms with Gasteiger partial charge < -0.3 is 0 Å². The first-order valence-corrected chi connectivity index (χ1v) is 3.62. The van der Waals surface area contributed by atoms with Crippen molar-refractivity contribution in [2.24, 2.45) is 5.41 Å². The molecular weight excluding hydrogens is 115 g/mol. The van der Waals surface area contributed by atoms with Crippen LogP contribution in [0.25, 0.3) is 0 Å². The lowest BCUT2D eigenvalue weighted by Crippen LogP contribution is -2.03. The van der Waals surface area contributed by atoms with Crippen molar-refractivity contribution < 1.29 is 4.39 Å². The molecule has 0 atom stereocenters. The summed E-state index contributed by atoms with van der Waals surface area (Å²) in [5.41, 5.74) is 0.384. The van der Waals surface area contributed by atoms with Gasteiger partial charge in [0.1, 0.15) is 0 Å². The number of hydrogen-bond acceptors (Lipinski definition) is 0. The van der Waals surface area contributed by atoms with Crippen molar-refractivity contribution in [2.75, 3.05) is 6.67 Å². The van der Waals surface area contributed by atoms with E-state index < -0.39 is 0 Å². The molecule has 0 spiro atoms. The van der Waals surface area contributed by atoms with E-state index in [-0.39, 0.29) is 6.67 Å². The lowest BCUT2D eigenvalue weighted by molar-refractivity contribution is 0.344. The van der Waals surface area contributed by atoms with E-state index in [2.05, 4.69) is 20.8 Å². The highest BCUT2D eigenvalue weighted by Gasteiger charge is 2.08. The molecule has 0 aromatic heterocycles. The minimum atomic E-state index is -0.157. The molecule has 0 saturated carbocycles. The lowest BCUT2D eigenvalue weighted by Gasteiger charge is -2.16. The van der Waals surface area contributed by atoms with Gasteiger partial charge in [-0.2, -0.15) is 0 Å². The SMILES string of the molecule is CC(C)(C)CCCCF. The zero-order valence-electron chi connectivity index (χ0n) is 6.71. The maximum atomic E-state index is 11.6. The number of hydrogen-bond donors (Lipinski definition) is 0. The van der Waals surface area contributed by atoms with E-state index in [4.69, 9.17) is 0 Å². The maximum absolute atomic E-state index is 11.6. The highest BCUT2D eigenvalue weighted by molar-refractivity contribution is 4.60. The van der Waals surface area contributed by atoms with Gasteiger partial charge >= 0.3 is 0 Å². The molecule has 0 radical (unpaired) electrons. The quantitative estimate of drug-likeness (QED) is 0.517. The van der Waals surface area contributed by atoms with E-state index in [1.807, 2.05) is 0 Å². The van der Waals surface area contributed by atoms with Crippen LogP contribution in [-0.4, -0.2) is 6.67 Å². The molecule has 0 aliphatic carbocycles. The van der Waals surface area contributed by atoms with Crippen molar-refractivity contribution >= 4 is 0 Å². The van der Waals surface area contributed by atoms with E-state index in [0.717, 1.165) is 19.3 Å². The number of alkyl halides is 1. The fourth-order valence-corrected chi connectivity index (χ4v) is 0.750. The Labute approximate surface area is 57.5 Å². The van der Waals surface area contributed by atoms with Crippen molar-refractivity contribution in [3.8, 4) is 0 Å². The van der Waals surface area contributed by atoms with Crippen LogP contribution < -0.4 is 0 Å². The standard InChI is InChI=1S/C8H17F/c1-8(2,3)6-4-5-7-9/h4-7H2,1-3H3. The third-order valence-corrected chi connectivity index (χ3v) is 1.31. The minimum Gasteiger partial charge on any atom is -0.251 e. The third-order valence-electron chi connectivity index (χ3n) is 1.31. The largest absolute Gasteiger partial charge is 0.251 e. The normalized spacial score (nSPS) is 12.0. The first-order chi connectivity index (χ1) is 4.06. The predicted molar refractivity (Wildman–Crippen MR) is 39.3 cm³/mol. The van der Waals surface area contributed by atoms with Crippen LogP contribution >= 0.6 is 0 Å². The summed E-state index contributed by atoms with van der Waals surface area (Å²) in [5, 5.41) is 0. The van der Waals surface area contributed by atoms with Gasteiger partial charge in [-0.15, -0.1) is 0 Å². The van der Waals surface area contributed by atoms with Crippen molar-refractivity contribution in [3.63, 3.8) is 0 Å². The van der Waals surface area contributed by atoms with Crippen LogP contribution in [-0.2, 0) is 0 Å². The molecule has 0 N–H and O–H groups in total. The highest BCUT2D eigenvalue weighted by Crippen LogP contribution is 2.21. The monoisotopic (exact) mass is 132 g/mol. The molecule has 0 nitrogen and oxygen atoms in total. The fourth-order valence-electron chi connectivity index (χ4n) is 0.750. The maximum Gasteiger partial charge on any atom is 0.0894 e. The first-order valence-electron chi connectivity index (χ1n) is 3.62. The van der Waals surface area contributed by atoms with Crippen LogP contribution in [0, 0.1) is 5.41 Å². The molecule has 0 rings (SSSR count). The van der Waals surface area contributed by atoms with Crippen molar-refractivity contribution in [2.45, 2.75) is 40.0 Å². The summed E-state index contributed by atoms with van der Waals surface area (Å²) >= 11 is 0. The Hall–Kier alpha value is -0.0700. The molecule has 1 heteroatoms. The van der Waals surface area contributed by atoms with Crippen LogP contribution in [0.2, 0.25) is 0 Å². The van der Waals surface area contributed by atoms with Crippen LogP contribution in [0.5, 0.6) is 0 Å². The molecule has 0 unspecified atom stereocenters. The van der Waals surface area contributed by atoms with E-state index in [1.165, 1.54) is 0 Å². The Morgan fingerprint density at radius 1 is 1.11 bits per heavy atom. The summed E-state index contributed by atoms with van der Waals surface area (Å²) < 4.78 is 11.6. The van der Waals surface area contributed by atoms with Gasteiger partial charge in [-0.1, -0.05) is 27.2 Å². The van der Waals surface area contributed by atoms with Gasteiger partial charge in [-0.3, -0.25) is 4.39 Å². The molecule has 0 aromatic carbocycles. The molecule has 0 fully saturated rings. The molecule has 0 aliphatic rings. The van der Waals surface area contributed by atoms with E-state index in [0.29, 0.717) is 5.41 Å². The molecule has 0 aromatic rings. The Balaban J connectivity index is 3.07. The fraction of sp³-hybridized carbons (Fsp3) is 1.00. The second-order valence-electron chi connectivity index (χ2n) is 3.71. The average Bonchev–Trinajstić information content (AvgIpc) is 1.63. The molecule has 9 heavy (non-hydrogen) atoms. The summed E-state index contributed by atoms with van der Waals surface area (Å²) in [5.74, 6) is 0. The molecule has 0 saturated heterocycles. The van der Waals surface area contributed by atoms with Crippen LogP contribution in [0.1, 0.15) is 40.0 Å². The van der Waals surface area contributed by atoms with Crippen LogP contribution in [0.15, 0.2) is 0 Å². The molecule has 56 valence electrons. The summed E-state index contributed by atoms with van der Waals surface area (Å²) in [6, 6.07) is 0.